The number of aromatic nitrogens is 3. The van der Waals surface area contributed by atoms with Gasteiger partial charge < -0.3 is 4.74 Å². The normalized spacial score (nSPS) is 27.7. The van der Waals surface area contributed by atoms with Crippen LogP contribution in [0.2, 0.25) is 0 Å². The number of hydrogen-bond acceptors (Lipinski definition) is 8. The second-order valence-corrected chi connectivity index (χ2v) is 9.49. The number of rotatable bonds is 5. The summed E-state index contributed by atoms with van der Waals surface area (Å²) in [4.78, 5) is 16.1. The number of ether oxygens (including phenoxy) is 1. The molecule has 2 aliphatic carbocycles. The first kappa shape index (κ1) is 21.9. The zero-order valence-corrected chi connectivity index (χ0v) is 18.8. The van der Waals surface area contributed by atoms with E-state index in [0.717, 1.165) is 0 Å². The summed E-state index contributed by atoms with van der Waals surface area (Å²) in [5.41, 5.74) is -0.777. The molecule has 9 nitrogen and oxygen atoms in total. The summed E-state index contributed by atoms with van der Waals surface area (Å²) in [6.07, 6.45) is 2.07. The molecule has 2 atom stereocenters. The van der Waals surface area contributed by atoms with Gasteiger partial charge in [-0.05, 0) is 24.0 Å². The number of hydrazone groups is 1. The quantitative estimate of drug-likeness (QED) is 0.635. The fourth-order valence-corrected chi connectivity index (χ4v) is 5.36. The van der Waals surface area contributed by atoms with Crippen molar-refractivity contribution < 1.29 is 22.7 Å². The van der Waals surface area contributed by atoms with Crippen molar-refractivity contribution in [2.45, 2.75) is 44.4 Å². The third-order valence-electron chi connectivity index (χ3n) is 7.39. The lowest BCUT2D eigenvalue weighted by Gasteiger charge is -2.53. The van der Waals surface area contributed by atoms with Crippen molar-refractivity contribution in [2.75, 3.05) is 0 Å². The molecule has 2 unspecified atom stereocenters. The minimum absolute atomic E-state index is 0.00345. The number of hydrogen-bond donors (Lipinski definition) is 0. The first-order valence-electron chi connectivity index (χ1n) is 11.4. The zero-order chi connectivity index (χ0) is 24.4. The van der Waals surface area contributed by atoms with Gasteiger partial charge in [0.05, 0.1) is 5.41 Å². The van der Waals surface area contributed by atoms with Gasteiger partial charge in [0, 0.05) is 38.3 Å². The van der Waals surface area contributed by atoms with E-state index in [1.54, 1.807) is 36.0 Å². The molecule has 0 radical (unpaired) electrons. The summed E-state index contributed by atoms with van der Waals surface area (Å²) in [6.45, 7) is -0.00345. The molecule has 6 rings (SSSR count). The lowest BCUT2D eigenvalue weighted by Crippen LogP contribution is -2.57. The molecule has 12 heteroatoms. The van der Waals surface area contributed by atoms with E-state index in [1.165, 1.54) is 17.4 Å². The summed E-state index contributed by atoms with van der Waals surface area (Å²) in [5.74, 6) is -2.90. The Hall–Kier alpha value is -3.57. The molecular weight excluding hydrogens is 463 g/mol. The molecule has 0 bridgehead atoms. The third kappa shape index (κ3) is 3.45. The molecule has 2 fully saturated rings. The van der Waals surface area contributed by atoms with Gasteiger partial charge in [-0.2, -0.15) is 10.2 Å². The van der Waals surface area contributed by atoms with Crippen LogP contribution in [0.25, 0.3) is 0 Å². The van der Waals surface area contributed by atoms with Gasteiger partial charge in [0.25, 0.3) is 0 Å². The van der Waals surface area contributed by atoms with Crippen molar-refractivity contribution >= 4 is 11.7 Å². The van der Waals surface area contributed by atoms with Gasteiger partial charge in [-0.15, -0.1) is 10.2 Å². The first-order chi connectivity index (χ1) is 16.8. The molecule has 2 saturated carbocycles. The molecule has 0 spiro atoms. The fraction of sp³-hybridized carbons (Fsp3) is 0.478. The number of carbonyl (C=O) groups excluding carboxylic acids is 1. The Bertz CT molecular complexity index is 1270. The number of aryl methyl sites for hydroxylation is 1. The van der Waals surface area contributed by atoms with E-state index < -0.39 is 29.2 Å². The largest absolute Gasteiger partial charge is 0.471 e. The van der Waals surface area contributed by atoms with Crippen LogP contribution in [-0.2, 0) is 23.2 Å². The molecule has 0 amide bonds. The van der Waals surface area contributed by atoms with E-state index in [9.17, 15) is 18.0 Å². The van der Waals surface area contributed by atoms with Crippen molar-refractivity contribution in [1.29, 1.82) is 0 Å². The van der Waals surface area contributed by atoms with Crippen LogP contribution in [0.5, 0.6) is 0 Å². The molecule has 35 heavy (non-hydrogen) atoms. The highest BCUT2D eigenvalue weighted by molar-refractivity contribution is 5.92. The Kier molecular flexibility index (Phi) is 4.84. The smallest absolute Gasteiger partial charge is 0.248 e. The number of alkyl halides is 2. The maximum Gasteiger partial charge on any atom is 0.248 e. The Morgan fingerprint density at radius 2 is 1.94 bits per heavy atom. The molecule has 3 heterocycles. The van der Waals surface area contributed by atoms with Gasteiger partial charge in [-0.1, -0.05) is 18.2 Å². The van der Waals surface area contributed by atoms with Crippen molar-refractivity contribution in [2.24, 2.45) is 39.6 Å². The van der Waals surface area contributed by atoms with Crippen LogP contribution in [0.4, 0.5) is 13.2 Å². The van der Waals surface area contributed by atoms with E-state index in [1.807, 2.05) is 0 Å². The number of nitrogens with zero attached hydrogens (tertiary/aromatic N) is 7. The summed E-state index contributed by atoms with van der Waals surface area (Å²) in [5, 5.41) is 18.6. The van der Waals surface area contributed by atoms with Gasteiger partial charge in [0.1, 0.15) is 24.5 Å². The van der Waals surface area contributed by atoms with Crippen LogP contribution in [-0.4, -0.2) is 37.4 Å². The Balaban J connectivity index is 1.42. The number of fused-ring (bicyclic) bond motifs is 1. The summed E-state index contributed by atoms with van der Waals surface area (Å²) >= 11 is 0. The van der Waals surface area contributed by atoms with E-state index in [0.29, 0.717) is 11.6 Å². The lowest BCUT2D eigenvalue weighted by atomic mass is 9.52. The Labute approximate surface area is 198 Å². The second kappa shape index (κ2) is 7.72. The topological polar surface area (TPSA) is 97.3 Å². The summed E-state index contributed by atoms with van der Waals surface area (Å²) in [7, 11) is 1.71. The predicted octanol–water partition coefficient (Wildman–Crippen LogP) is 4.12. The van der Waals surface area contributed by atoms with Crippen LogP contribution in [0.1, 0.15) is 43.2 Å². The van der Waals surface area contributed by atoms with Gasteiger partial charge >= 0.3 is 0 Å². The highest BCUT2D eigenvalue weighted by atomic mass is 19.3. The lowest BCUT2D eigenvalue weighted by molar-refractivity contribution is -0.151. The molecule has 2 aliphatic heterocycles. The summed E-state index contributed by atoms with van der Waals surface area (Å²) in [6, 6.07) is 6.18. The average molecular weight is 485 g/mol. The number of azo groups is 1. The fourth-order valence-electron chi connectivity index (χ4n) is 5.36. The maximum atomic E-state index is 14.6. The summed E-state index contributed by atoms with van der Waals surface area (Å²) < 4.78 is 50.4. The highest BCUT2D eigenvalue weighted by Crippen LogP contribution is 2.60. The standard InChI is InChI=1S/C23H22F3N7O2/c1-32-19(27-12-28-32)11-35-21-23(13-6-15(34)7-13,14-8-22(25,26)9-14)10-18-29-30-20(33(18)31-21)16-4-2-3-5-17(16)24/h2-5,10,12-14,20H,6-9,11H2,1H3. The third-order valence-corrected chi connectivity index (χ3v) is 7.39. The molecule has 182 valence electrons. The van der Waals surface area contributed by atoms with Gasteiger partial charge in [0.2, 0.25) is 11.8 Å². The van der Waals surface area contributed by atoms with E-state index in [2.05, 4.69) is 20.3 Å². The van der Waals surface area contributed by atoms with Crippen LogP contribution in [0.15, 0.2) is 57.8 Å². The monoisotopic (exact) mass is 485 g/mol. The maximum absolute atomic E-state index is 14.6. The van der Waals surface area contributed by atoms with E-state index >= 15 is 0 Å². The van der Waals surface area contributed by atoms with Crippen LogP contribution >= 0.6 is 0 Å². The van der Waals surface area contributed by atoms with Crippen LogP contribution < -0.4 is 0 Å². The SMILES string of the molecule is Cn1ncnc1COC1=NN2C(=CC1(C1CC(=O)C1)C1CC(F)(F)C1)N=NC2c1ccccc1F. The molecule has 1 aromatic carbocycles. The predicted molar refractivity (Wildman–Crippen MR) is 115 cm³/mol. The number of carbonyl (C=O) groups is 1. The van der Waals surface area contributed by atoms with E-state index in [4.69, 9.17) is 9.84 Å². The molecule has 0 saturated heterocycles. The Morgan fingerprint density at radius 1 is 1.17 bits per heavy atom. The zero-order valence-electron chi connectivity index (χ0n) is 18.8. The molecule has 4 aliphatic rings. The van der Waals surface area contributed by atoms with Gasteiger partial charge in [0.15, 0.2) is 17.8 Å². The molecular formula is C23H22F3N7O2. The molecule has 1 aromatic heterocycles. The average Bonchev–Trinajstić information content (AvgIpc) is 3.38. The number of benzene rings is 1. The number of ketones is 1. The minimum atomic E-state index is -2.79. The molecule has 2 aromatic rings. The van der Waals surface area contributed by atoms with Gasteiger partial charge in [-0.25, -0.2) is 23.2 Å². The van der Waals surface area contributed by atoms with Crippen LogP contribution in [0.3, 0.4) is 0 Å². The second-order valence-electron chi connectivity index (χ2n) is 9.49. The van der Waals surface area contributed by atoms with Gasteiger partial charge in [-0.3, -0.25) is 9.48 Å². The van der Waals surface area contributed by atoms with Crippen molar-refractivity contribution in [1.82, 2.24) is 19.8 Å². The van der Waals surface area contributed by atoms with Crippen molar-refractivity contribution in [3.8, 4) is 0 Å². The Morgan fingerprint density at radius 3 is 2.60 bits per heavy atom. The van der Waals surface area contributed by atoms with Crippen molar-refractivity contribution in [3.05, 3.63) is 59.7 Å². The molecule has 0 N–H and O–H groups in total. The minimum Gasteiger partial charge on any atom is -0.471 e. The van der Waals surface area contributed by atoms with E-state index in [-0.39, 0.29) is 55.5 Å². The number of Topliss-reactive ketones (excluding diaryl/α,β-unsaturated/α-hetero) is 1. The van der Waals surface area contributed by atoms with Crippen molar-refractivity contribution in [3.63, 3.8) is 0 Å². The number of halogens is 3. The van der Waals surface area contributed by atoms with Crippen LogP contribution in [0, 0.1) is 23.1 Å². The highest BCUT2D eigenvalue weighted by Gasteiger charge is 2.63. The first-order valence-corrected chi connectivity index (χ1v) is 11.4.